The van der Waals surface area contributed by atoms with Crippen molar-refractivity contribution in [2.24, 2.45) is 16.8 Å². The SMILES string of the molecule is CCC(CC)N(C)CC(C(N)=NO)C(F)(F)F. The Kier molecular flexibility index (Phi) is 6.30. The Balaban J connectivity index is 4.77. The summed E-state index contributed by atoms with van der Waals surface area (Å²) in [6, 6.07) is 0.0614. The molecule has 0 bridgehead atoms. The van der Waals surface area contributed by atoms with E-state index in [-0.39, 0.29) is 12.6 Å². The Morgan fingerprint density at radius 1 is 1.35 bits per heavy atom. The lowest BCUT2D eigenvalue weighted by molar-refractivity contribution is -0.160. The zero-order valence-corrected chi connectivity index (χ0v) is 10.3. The molecule has 0 fully saturated rings. The summed E-state index contributed by atoms with van der Waals surface area (Å²) in [5, 5.41) is 10.8. The lowest BCUT2D eigenvalue weighted by Crippen LogP contribution is -2.46. The largest absolute Gasteiger partial charge is 0.409 e. The number of amidine groups is 1. The van der Waals surface area contributed by atoms with Gasteiger partial charge in [-0.25, -0.2) is 0 Å². The van der Waals surface area contributed by atoms with Gasteiger partial charge in [0.2, 0.25) is 0 Å². The fraction of sp³-hybridized carbons (Fsp3) is 0.900. The molecule has 0 aromatic carbocycles. The molecular weight excluding hydrogens is 235 g/mol. The predicted octanol–water partition coefficient (Wildman–Crippen LogP) is 2.03. The lowest BCUT2D eigenvalue weighted by Gasteiger charge is -2.30. The molecule has 3 N–H and O–H groups in total. The van der Waals surface area contributed by atoms with Crippen LogP contribution in [-0.2, 0) is 0 Å². The van der Waals surface area contributed by atoms with Crippen molar-refractivity contribution in [3.8, 4) is 0 Å². The molecule has 0 saturated heterocycles. The predicted molar refractivity (Wildman–Crippen MR) is 60.0 cm³/mol. The van der Waals surface area contributed by atoms with E-state index < -0.39 is 17.9 Å². The van der Waals surface area contributed by atoms with Crippen LogP contribution in [-0.4, -0.2) is 41.8 Å². The summed E-state index contributed by atoms with van der Waals surface area (Å²) in [6.07, 6.45) is -2.99. The molecule has 0 aliphatic carbocycles. The van der Waals surface area contributed by atoms with E-state index in [0.29, 0.717) is 0 Å². The smallest absolute Gasteiger partial charge is 0.400 e. The normalized spacial score (nSPS) is 15.6. The quantitative estimate of drug-likeness (QED) is 0.330. The van der Waals surface area contributed by atoms with Gasteiger partial charge in [0.25, 0.3) is 0 Å². The molecule has 0 aliphatic heterocycles. The summed E-state index contributed by atoms with van der Waals surface area (Å²) in [6.45, 7) is 3.53. The Hall–Kier alpha value is -0.980. The van der Waals surface area contributed by atoms with Crippen LogP contribution in [0.3, 0.4) is 0 Å². The molecule has 1 atom stereocenters. The third kappa shape index (κ3) is 4.80. The summed E-state index contributed by atoms with van der Waals surface area (Å²) in [4.78, 5) is 1.59. The maximum absolute atomic E-state index is 12.7. The zero-order chi connectivity index (χ0) is 13.6. The molecule has 1 unspecified atom stereocenters. The highest BCUT2D eigenvalue weighted by Crippen LogP contribution is 2.27. The molecule has 0 heterocycles. The van der Waals surface area contributed by atoms with Gasteiger partial charge in [0, 0.05) is 12.6 Å². The zero-order valence-electron chi connectivity index (χ0n) is 10.3. The van der Waals surface area contributed by atoms with E-state index in [2.05, 4.69) is 5.16 Å². The number of hydrogen-bond donors (Lipinski definition) is 2. The van der Waals surface area contributed by atoms with Crippen LogP contribution in [0.25, 0.3) is 0 Å². The van der Waals surface area contributed by atoms with Gasteiger partial charge in [0.15, 0.2) is 5.84 Å². The van der Waals surface area contributed by atoms with Crippen LogP contribution in [0, 0.1) is 5.92 Å². The van der Waals surface area contributed by atoms with Crippen LogP contribution in [0.15, 0.2) is 5.16 Å². The van der Waals surface area contributed by atoms with Crippen molar-refractivity contribution in [3.05, 3.63) is 0 Å². The fourth-order valence-corrected chi connectivity index (χ4v) is 1.78. The molecule has 4 nitrogen and oxygen atoms in total. The van der Waals surface area contributed by atoms with Crippen molar-refractivity contribution in [1.29, 1.82) is 0 Å². The van der Waals surface area contributed by atoms with E-state index in [0.717, 1.165) is 12.8 Å². The van der Waals surface area contributed by atoms with Crippen LogP contribution in [0.2, 0.25) is 0 Å². The molecule has 0 amide bonds. The molecule has 0 spiro atoms. The summed E-state index contributed by atoms with van der Waals surface area (Å²) in [7, 11) is 1.61. The standard InChI is InChI=1S/C10H20F3N3O/c1-4-7(5-2)16(3)6-8(9(14)15-17)10(11,12)13/h7-8,17H,4-6H2,1-3H3,(H2,14,15). The minimum atomic E-state index is -4.50. The Labute approximate surface area is 99.3 Å². The number of oxime groups is 1. The molecule has 0 saturated carbocycles. The molecule has 7 heteroatoms. The second-order valence-corrected chi connectivity index (χ2v) is 4.03. The van der Waals surface area contributed by atoms with Crippen LogP contribution >= 0.6 is 0 Å². The van der Waals surface area contributed by atoms with Crippen molar-refractivity contribution in [3.63, 3.8) is 0 Å². The highest BCUT2D eigenvalue weighted by Gasteiger charge is 2.43. The first kappa shape index (κ1) is 16.0. The van der Waals surface area contributed by atoms with Gasteiger partial charge in [-0.15, -0.1) is 0 Å². The van der Waals surface area contributed by atoms with Crippen LogP contribution in [0.5, 0.6) is 0 Å². The molecule has 0 aliphatic rings. The number of hydrogen-bond acceptors (Lipinski definition) is 3. The Morgan fingerprint density at radius 2 is 1.82 bits per heavy atom. The highest BCUT2D eigenvalue weighted by molar-refractivity contribution is 5.83. The van der Waals surface area contributed by atoms with Crippen molar-refractivity contribution in [2.75, 3.05) is 13.6 Å². The first-order chi connectivity index (χ1) is 7.77. The van der Waals surface area contributed by atoms with Gasteiger partial charge in [-0.3, -0.25) is 0 Å². The minimum Gasteiger partial charge on any atom is -0.409 e. The topological polar surface area (TPSA) is 61.8 Å². The maximum atomic E-state index is 12.7. The van der Waals surface area contributed by atoms with E-state index in [9.17, 15) is 13.2 Å². The van der Waals surface area contributed by atoms with Gasteiger partial charge in [0.1, 0.15) is 5.92 Å². The first-order valence-electron chi connectivity index (χ1n) is 5.52. The molecule has 0 radical (unpaired) electrons. The van der Waals surface area contributed by atoms with E-state index in [1.165, 1.54) is 0 Å². The second-order valence-electron chi connectivity index (χ2n) is 4.03. The molecule has 0 aromatic heterocycles. The van der Waals surface area contributed by atoms with E-state index in [1.54, 1.807) is 11.9 Å². The van der Waals surface area contributed by atoms with Crippen molar-refractivity contribution < 1.29 is 18.4 Å². The van der Waals surface area contributed by atoms with E-state index in [4.69, 9.17) is 10.9 Å². The Bertz CT molecular complexity index is 252. The van der Waals surface area contributed by atoms with Crippen molar-refractivity contribution in [1.82, 2.24) is 4.90 Å². The van der Waals surface area contributed by atoms with Crippen LogP contribution in [0.4, 0.5) is 13.2 Å². The summed E-state index contributed by atoms with van der Waals surface area (Å²) < 4.78 is 38.1. The summed E-state index contributed by atoms with van der Waals surface area (Å²) in [5.41, 5.74) is 5.09. The van der Waals surface area contributed by atoms with Crippen molar-refractivity contribution >= 4 is 5.84 Å². The van der Waals surface area contributed by atoms with Gasteiger partial charge in [-0.2, -0.15) is 13.2 Å². The van der Waals surface area contributed by atoms with E-state index >= 15 is 0 Å². The average Bonchev–Trinajstić information content (AvgIpc) is 2.25. The van der Waals surface area contributed by atoms with Gasteiger partial charge in [-0.1, -0.05) is 19.0 Å². The number of nitrogens with two attached hydrogens (primary N) is 1. The fourth-order valence-electron chi connectivity index (χ4n) is 1.78. The number of nitrogens with zero attached hydrogens (tertiary/aromatic N) is 2. The van der Waals surface area contributed by atoms with Crippen molar-refractivity contribution in [2.45, 2.75) is 38.9 Å². The van der Waals surface area contributed by atoms with E-state index in [1.807, 2.05) is 13.8 Å². The maximum Gasteiger partial charge on any atom is 0.400 e. The monoisotopic (exact) mass is 255 g/mol. The average molecular weight is 255 g/mol. The minimum absolute atomic E-state index is 0.0614. The second kappa shape index (κ2) is 6.68. The van der Waals surface area contributed by atoms with Gasteiger partial charge < -0.3 is 15.8 Å². The number of rotatable bonds is 6. The van der Waals surface area contributed by atoms with Gasteiger partial charge in [-0.05, 0) is 19.9 Å². The third-order valence-electron chi connectivity index (χ3n) is 2.90. The molecular formula is C10H20F3N3O. The molecule has 0 rings (SSSR count). The van der Waals surface area contributed by atoms with Crippen LogP contribution < -0.4 is 5.73 Å². The number of alkyl halides is 3. The van der Waals surface area contributed by atoms with Gasteiger partial charge >= 0.3 is 6.18 Å². The molecule has 17 heavy (non-hydrogen) atoms. The molecule has 102 valence electrons. The van der Waals surface area contributed by atoms with Crippen LogP contribution in [0.1, 0.15) is 26.7 Å². The number of halogens is 3. The molecule has 0 aromatic rings. The lowest BCUT2D eigenvalue weighted by atomic mass is 10.0. The Morgan fingerprint density at radius 3 is 2.12 bits per heavy atom. The summed E-state index contributed by atoms with van der Waals surface area (Å²) in [5.74, 6) is -2.73. The first-order valence-corrected chi connectivity index (χ1v) is 5.52. The highest BCUT2D eigenvalue weighted by atomic mass is 19.4. The third-order valence-corrected chi connectivity index (χ3v) is 2.90. The van der Waals surface area contributed by atoms with Gasteiger partial charge in [0.05, 0.1) is 0 Å². The summed E-state index contributed by atoms with van der Waals surface area (Å²) >= 11 is 0.